The van der Waals surface area contributed by atoms with Crippen molar-refractivity contribution in [2.75, 3.05) is 0 Å². The van der Waals surface area contributed by atoms with Crippen LogP contribution in [0, 0.1) is 0 Å². The number of aromatic carboxylic acids is 1. The molecule has 0 aliphatic rings. The average molecular weight is 257 g/mol. The van der Waals surface area contributed by atoms with Gasteiger partial charge in [0.1, 0.15) is 5.56 Å². The molecule has 0 spiro atoms. The zero-order chi connectivity index (χ0) is 11.7. The second kappa shape index (κ2) is 4.19. The first-order chi connectivity index (χ1) is 7.63. The van der Waals surface area contributed by atoms with Crippen molar-refractivity contribution in [1.82, 2.24) is 0 Å². The Hall–Kier alpha value is -1.46. The molecule has 4 nitrogen and oxygen atoms in total. The molecule has 0 fully saturated rings. The fourth-order valence-corrected chi connectivity index (χ4v) is 2.05. The molecule has 0 unspecified atom stereocenters. The van der Waals surface area contributed by atoms with Crippen LogP contribution >= 0.6 is 21.7 Å². The lowest BCUT2D eigenvalue weighted by Gasteiger charge is -2.01. The van der Waals surface area contributed by atoms with Crippen molar-refractivity contribution < 1.29 is 14.3 Å². The monoisotopic (exact) mass is 256 g/mol. The Kier molecular flexibility index (Phi) is 2.89. The molecule has 2 aromatic rings. The highest BCUT2D eigenvalue weighted by Gasteiger charge is 2.13. The first kappa shape index (κ1) is 11.0. The summed E-state index contributed by atoms with van der Waals surface area (Å²) in [5.41, 5.74) is -0.958. The lowest BCUT2D eigenvalue weighted by Crippen LogP contribution is -2.12. The Morgan fingerprint density at radius 3 is 2.81 bits per heavy atom. The molecule has 0 bridgehead atoms. The number of fused-ring (bicyclic) bond motifs is 1. The molecule has 0 aliphatic heterocycles. The molecule has 0 saturated carbocycles. The Bertz CT molecular complexity index is 620. The average Bonchev–Trinajstić information content (AvgIpc) is 2.27. The molecule has 0 aliphatic carbocycles. The fraction of sp³-hybridized carbons (Fsp3) is 0. The Morgan fingerprint density at radius 2 is 2.19 bits per heavy atom. The van der Waals surface area contributed by atoms with E-state index in [9.17, 15) is 9.59 Å². The summed E-state index contributed by atoms with van der Waals surface area (Å²) >= 11 is 0. The van der Waals surface area contributed by atoms with E-state index in [0.717, 1.165) is 11.0 Å². The van der Waals surface area contributed by atoms with Crippen LogP contribution in [0.3, 0.4) is 0 Å². The number of hydrogen-bond donors (Lipinski definition) is 1. The quantitative estimate of drug-likeness (QED) is 0.837. The smallest absolute Gasteiger partial charge is 0.351 e. The minimum atomic E-state index is -1.31. The van der Waals surface area contributed by atoms with Crippen LogP contribution in [-0.4, -0.2) is 11.1 Å². The predicted molar refractivity (Wildman–Crippen MR) is 61.2 cm³/mol. The summed E-state index contributed by atoms with van der Waals surface area (Å²) in [5, 5.41) is 9.29. The van der Waals surface area contributed by atoms with Crippen LogP contribution in [0.25, 0.3) is 11.0 Å². The second-order valence-electron chi connectivity index (χ2n) is 3.00. The third kappa shape index (κ3) is 1.79. The van der Waals surface area contributed by atoms with Gasteiger partial charge < -0.3 is 9.52 Å². The summed E-state index contributed by atoms with van der Waals surface area (Å²) in [6, 6.07) is 6.32. The zero-order valence-corrected chi connectivity index (χ0v) is 9.34. The summed E-state index contributed by atoms with van der Waals surface area (Å²) in [6.07, 6.45) is 0. The van der Waals surface area contributed by atoms with E-state index in [1.807, 2.05) is 0 Å². The van der Waals surface area contributed by atoms with E-state index >= 15 is 0 Å². The number of halogens is 1. The molecule has 2 rings (SSSR count). The van der Waals surface area contributed by atoms with Gasteiger partial charge in [0, 0.05) is 5.39 Å². The van der Waals surface area contributed by atoms with E-state index < -0.39 is 11.6 Å². The van der Waals surface area contributed by atoms with E-state index in [1.54, 1.807) is 18.2 Å². The molecule has 0 atom stereocenters. The number of para-hydroxylation sites is 1. The SMILES string of the molecule is O=C(O)c1cc2cccc(SCl)c2oc1=O. The number of carboxylic acid groups (broad SMARTS) is 1. The van der Waals surface area contributed by atoms with E-state index in [2.05, 4.69) is 0 Å². The number of carbonyl (C=O) groups is 1. The first-order valence-electron chi connectivity index (χ1n) is 4.22. The minimum Gasteiger partial charge on any atom is -0.477 e. The number of rotatable bonds is 2. The lowest BCUT2D eigenvalue weighted by atomic mass is 10.2. The van der Waals surface area contributed by atoms with Gasteiger partial charge in [0.15, 0.2) is 5.58 Å². The van der Waals surface area contributed by atoms with Crippen molar-refractivity contribution in [3.63, 3.8) is 0 Å². The minimum absolute atomic E-state index is 0.303. The molecule has 16 heavy (non-hydrogen) atoms. The third-order valence-electron chi connectivity index (χ3n) is 2.04. The molecule has 0 amide bonds. The van der Waals surface area contributed by atoms with Crippen molar-refractivity contribution >= 4 is 38.6 Å². The van der Waals surface area contributed by atoms with Crippen molar-refractivity contribution in [1.29, 1.82) is 0 Å². The molecule has 82 valence electrons. The van der Waals surface area contributed by atoms with Crippen LogP contribution in [-0.2, 0) is 0 Å². The van der Waals surface area contributed by atoms with Crippen LogP contribution in [0.15, 0.2) is 38.4 Å². The standard InChI is InChI=1S/C10H5ClO4S/c11-16-7-3-1-2-5-4-6(9(12)13)10(14)15-8(5)7/h1-4H,(H,12,13). The normalized spacial score (nSPS) is 10.6. The predicted octanol–water partition coefficient (Wildman–Crippen LogP) is 2.74. The zero-order valence-electron chi connectivity index (χ0n) is 7.77. The Labute approximate surface area is 98.3 Å². The van der Waals surface area contributed by atoms with E-state index in [4.69, 9.17) is 20.2 Å². The fourth-order valence-electron chi connectivity index (χ4n) is 1.33. The maximum Gasteiger partial charge on any atom is 0.351 e. The molecular weight excluding hydrogens is 252 g/mol. The van der Waals surface area contributed by atoms with Crippen LogP contribution in [0.5, 0.6) is 0 Å². The maximum atomic E-state index is 11.3. The topological polar surface area (TPSA) is 67.5 Å². The van der Waals surface area contributed by atoms with Crippen LogP contribution in [0.1, 0.15) is 10.4 Å². The van der Waals surface area contributed by atoms with Gasteiger partial charge in [-0.2, -0.15) is 0 Å². The van der Waals surface area contributed by atoms with Crippen LogP contribution in [0.4, 0.5) is 0 Å². The van der Waals surface area contributed by atoms with Crippen molar-refractivity contribution in [3.05, 3.63) is 40.2 Å². The molecular formula is C10H5ClO4S. The van der Waals surface area contributed by atoms with Gasteiger partial charge >= 0.3 is 11.6 Å². The highest BCUT2D eigenvalue weighted by molar-refractivity contribution is 8.21. The molecule has 0 saturated heterocycles. The number of hydrogen-bond acceptors (Lipinski definition) is 4. The Morgan fingerprint density at radius 1 is 1.44 bits per heavy atom. The van der Waals surface area contributed by atoms with E-state index in [-0.39, 0.29) is 5.56 Å². The highest BCUT2D eigenvalue weighted by Crippen LogP contribution is 2.29. The summed E-state index contributed by atoms with van der Waals surface area (Å²) < 4.78 is 4.93. The summed E-state index contributed by atoms with van der Waals surface area (Å²) in [6.45, 7) is 0. The highest BCUT2D eigenvalue weighted by atomic mass is 35.7. The summed E-state index contributed by atoms with van der Waals surface area (Å²) in [4.78, 5) is 22.6. The van der Waals surface area contributed by atoms with Gasteiger partial charge in [0.05, 0.1) is 4.90 Å². The van der Waals surface area contributed by atoms with Crippen LogP contribution in [0.2, 0.25) is 0 Å². The Balaban J connectivity index is 2.83. The molecule has 1 heterocycles. The molecule has 1 N–H and O–H groups in total. The molecule has 1 aromatic carbocycles. The van der Waals surface area contributed by atoms with Crippen molar-refractivity contribution in [2.45, 2.75) is 4.90 Å². The molecule has 1 aromatic heterocycles. The second-order valence-corrected chi connectivity index (χ2v) is 4.06. The van der Waals surface area contributed by atoms with Gasteiger partial charge in [-0.3, -0.25) is 0 Å². The van der Waals surface area contributed by atoms with Gasteiger partial charge in [-0.15, -0.1) is 0 Å². The largest absolute Gasteiger partial charge is 0.477 e. The lowest BCUT2D eigenvalue weighted by molar-refractivity contribution is 0.0692. The van der Waals surface area contributed by atoms with Gasteiger partial charge in [-0.25, -0.2) is 9.59 Å². The number of carboxylic acids is 1. The van der Waals surface area contributed by atoms with E-state index in [0.29, 0.717) is 15.9 Å². The molecule has 0 radical (unpaired) electrons. The van der Waals surface area contributed by atoms with E-state index in [1.165, 1.54) is 6.07 Å². The van der Waals surface area contributed by atoms with Gasteiger partial charge in [-0.05, 0) is 33.8 Å². The van der Waals surface area contributed by atoms with Crippen molar-refractivity contribution in [3.8, 4) is 0 Å². The number of benzene rings is 1. The summed E-state index contributed by atoms with van der Waals surface area (Å²) in [7, 11) is 6.51. The van der Waals surface area contributed by atoms with Crippen molar-refractivity contribution in [2.24, 2.45) is 0 Å². The first-order valence-corrected chi connectivity index (χ1v) is 5.86. The van der Waals surface area contributed by atoms with Gasteiger partial charge in [-0.1, -0.05) is 12.1 Å². The third-order valence-corrected chi connectivity index (χ3v) is 3.02. The van der Waals surface area contributed by atoms with Crippen LogP contribution < -0.4 is 5.63 Å². The molecule has 6 heteroatoms. The summed E-state index contributed by atoms with van der Waals surface area (Å²) in [5.74, 6) is -1.31. The maximum absolute atomic E-state index is 11.3. The van der Waals surface area contributed by atoms with Gasteiger partial charge in [0.25, 0.3) is 0 Å². The van der Waals surface area contributed by atoms with Gasteiger partial charge in [0.2, 0.25) is 0 Å².